The Hall–Kier alpha value is -0.520. The quantitative estimate of drug-likeness (QED) is 0.388. The molecule has 14 heavy (non-hydrogen) atoms. The molecule has 0 nitrogen and oxygen atoms in total. The smallest absolute Gasteiger partial charge is 0.0139 e. The van der Waals surface area contributed by atoms with Gasteiger partial charge in [-0.25, -0.2) is 0 Å². The van der Waals surface area contributed by atoms with Crippen LogP contribution >= 0.6 is 0 Å². The number of hydrogen-bond donors (Lipinski definition) is 0. The summed E-state index contributed by atoms with van der Waals surface area (Å²) >= 11 is 0. The molecule has 0 aromatic heterocycles. The largest absolute Gasteiger partial charge is 0.0995 e. The van der Waals surface area contributed by atoms with E-state index in [-0.39, 0.29) is 0 Å². The van der Waals surface area contributed by atoms with Crippen LogP contribution in [0.25, 0.3) is 0 Å². The first-order valence-corrected chi connectivity index (χ1v) is 5.96. The highest BCUT2D eigenvalue weighted by Gasteiger charge is 1.91. The SMILES string of the molecule is C=C(CC=C(C)C)CCCCC.CC. The fraction of sp³-hybridized carbons (Fsp3) is 0.714. The summed E-state index contributed by atoms with van der Waals surface area (Å²) in [7, 11) is 0. The maximum absolute atomic E-state index is 4.05. The van der Waals surface area contributed by atoms with Crippen molar-refractivity contribution in [3.05, 3.63) is 23.8 Å². The Balaban J connectivity index is 0. The Labute approximate surface area is 91.1 Å². The summed E-state index contributed by atoms with van der Waals surface area (Å²) in [5.41, 5.74) is 2.77. The topological polar surface area (TPSA) is 0 Å². The van der Waals surface area contributed by atoms with Crippen LogP contribution in [0.3, 0.4) is 0 Å². The number of allylic oxidation sites excluding steroid dienone is 3. The van der Waals surface area contributed by atoms with Crippen molar-refractivity contribution in [3.63, 3.8) is 0 Å². The molecule has 0 aliphatic carbocycles. The van der Waals surface area contributed by atoms with Crippen LogP contribution in [0.1, 0.15) is 66.7 Å². The summed E-state index contributed by atoms with van der Waals surface area (Å²) in [6, 6.07) is 0. The van der Waals surface area contributed by atoms with E-state index in [2.05, 4.69) is 33.4 Å². The van der Waals surface area contributed by atoms with E-state index in [0.717, 1.165) is 6.42 Å². The monoisotopic (exact) mass is 196 g/mol. The Morgan fingerprint density at radius 3 is 2.14 bits per heavy atom. The summed E-state index contributed by atoms with van der Waals surface area (Å²) in [5.74, 6) is 0. The Morgan fingerprint density at radius 1 is 1.14 bits per heavy atom. The standard InChI is InChI=1S/C12H22.C2H6/c1-5-6-7-8-12(4)10-9-11(2)3;1-2/h9H,4-8,10H2,1-3H3;1-2H3. The van der Waals surface area contributed by atoms with Crippen LogP contribution in [0.4, 0.5) is 0 Å². The van der Waals surface area contributed by atoms with E-state index < -0.39 is 0 Å². The molecule has 0 spiro atoms. The molecule has 0 aromatic rings. The zero-order chi connectivity index (χ0) is 11.4. The molecule has 0 heterocycles. The molecule has 0 atom stereocenters. The molecule has 0 heteroatoms. The van der Waals surface area contributed by atoms with E-state index in [1.54, 1.807) is 0 Å². The van der Waals surface area contributed by atoms with Crippen LogP contribution in [0, 0.1) is 0 Å². The summed E-state index contributed by atoms with van der Waals surface area (Å²) in [6.45, 7) is 14.6. The van der Waals surface area contributed by atoms with Gasteiger partial charge in [-0.05, 0) is 33.1 Å². The highest BCUT2D eigenvalue weighted by atomic mass is 14.0. The molecule has 0 saturated carbocycles. The van der Waals surface area contributed by atoms with Gasteiger partial charge in [0.2, 0.25) is 0 Å². The molecule has 0 aliphatic heterocycles. The fourth-order valence-corrected chi connectivity index (χ4v) is 1.08. The van der Waals surface area contributed by atoms with Crippen molar-refractivity contribution in [3.8, 4) is 0 Å². The third-order valence-corrected chi connectivity index (χ3v) is 1.93. The van der Waals surface area contributed by atoms with Gasteiger partial charge < -0.3 is 0 Å². The first-order valence-electron chi connectivity index (χ1n) is 5.96. The molecule has 0 aromatic carbocycles. The minimum absolute atomic E-state index is 1.08. The van der Waals surface area contributed by atoms with Crippen LogP contribution in [-0.2, 0) is 0 Å². The fourth-order valence-electron chi connectivity index (χ4n) is 1.08. The van der Waals surface area contributed by atoms with Crippen molar-refractivity contribution in [1.82, 2.24) is 0 Å². The molecular weight excluding hydrogens is 168 g/mol. The zero-order valence-electron chi connectivity index (χ0n) is 10.8. The molecule has 0 rings (SSSR count). The molecule has 0 fully saturated rings. The third-order valence-electron chi connectivity index (χ3n) is 1.93. The van der Waals surface area contributed by atoms with Crippen LogP contribution in [0.2, 0.25) is 0 Å². The predicted octanol–water partition coefficient (Wildman–Crippen LogP) is 5.51. The molecule has 84 valence electrons. The van der Waals surface area contributed by atoms with Crippen molar-refractivity contribution in [2.24, 2.45) is 0 Å². The maximum Gasteiger partial charge on any atom is -0.0139 e. The first kappa shape index (κ1) is 15.9. The minimum atomic E-state index is 1.08. The summed E-state index contributed by atoms with van der Waals surface area (Å²) in [5, 5.41) is 0. The molecule has 0 amide bonds. The number of unbranched alkanes of at least 4 members (excludes halogenated alkanes) is 2. The Kier molecular flexibility index (Phi) is 14.2. The highest BCUT2D eigenvalue weighted by molar-refractivity contribution is 5.05. The van der Waals surface area contributed by atoms with E-state index >= 15 is 0 Å². The molecule has 0 unspecified atom stereocenters. The zero-order valence-corrected chi connectivity index (χ0v) is 10.8. The lowest BCUT2D eigenvalue weighted by atomic mass is 10.1. The molecule has 0 N–H and O–H groups in total. The lowest BCUT2D eigenvalue weighted by molar-refractivity contribution is 0.708. The molecule has 0 aliphatic rings. The summed E-state index contributed by atoms with van der Waals surface area (Å²) < 4.78 is 0. The second-order valence-corrected chi connectivity index (χ2v) is 3.69. The van der Waals surface area contributed by atoms with Crippen molar-refractivity contribution >= 4 is 0 Å². The molecular formula is C14H28. The van der Waals surface area contributed by atoms with Gasteiger partial charge in [0.1, 0.15) is 0 Å². The second kappa shape index (κ2) is 12.5. The predicted molar refractivity (Wildman–Crippen MR) is 68.7 cm³/mol. The molecule has 0 saturated heterocycles. The van der Waals surface area contributed by atoms with Crippen molar-refractivity contribution in [1.29, 1.82) is 0 Å². The lowest BCUT2D eigenvalue weighted by Crippen LogP contribution is -1.81. The van der Waals surface area contributed by atoms with Gasteiger partial charge in [-0.1, -0.05) is 57.4 Å². The summed E-state index contributed by atoms with van der Waals surface area (Å²) in [6.07, 6.45) is 8.49. The highest BCUT2D eigenvalue weighted by Crippen LogP contribution is 2.11. The Morgan fingerprint density at radius 2 is 1.71 bits per heavy atom. The van der Waals surface area contributed by atoms with Gasteiger partial charge >= 0.3 is 0 Å². The average molecular weight is 196 g/mol. The van der Waals surface area contributed by atoms with Crippen LogP contribution < -0.4 is 0 Å². The van der Waals surface area contributed by atoms with Gasteiger partial charge in [0.05, 0.1) is 0 Å². The van der Waals surface area contributed by atoms with E-state index in [0.29, 0.717) is 0 Å². The van der Waals surface area contributed by atoms with Gasteiger partial charge in [-0.15, -0.1) is 0 Å². The first-order chi connectivity index (χ1) is 6.66. The van der Waals surface area contributed by atoms with Gasteiger partial charge in [-0.2, -0.15) is 0 Å². The number of hydrogen-bond acceptors (Lipinski definition) is 0. The van der Waals surface area contributed by atoms with Crippen molar-refractivity contribution in [2.45, 2.75) is 66.7 Å². The second-order valence-electron chi connectivity index (χ2n) is 3.69. The number of rotatable bonds is 6. The van der Waals surface area contributed by atoms with E-state index in [9.17, 15) is 0 Å². The normalized spacial score (nSPS) is 8.64. The van der Waals surface area contributed by atoms with Crippen molar-refractivity contribution in [2.75, 3.05) is 0 Å². The summed E-state index contributed by atoms with van der Waals surface area (Å²) in [4.78, 5) is 0. The van der Waals surface area contributed by atoms with Gasteiger partial charge in [0, 0.05) is 0 Å². The van der Waals surface area contributed by atoms with Crippen LogP contribution in [0.5, 0.6) is 0 Å². The van der Waals surface area contributed by atoms with Crippen LogP contribution in [0.15, 0.2) is 23.8 Å². The minimum Gasteiger partial charge on any atom is -0.0995 e. The molecule has 0 bridgehead atoms. The van der Waals surface area contributed by atoms with E-state index in [1.165, 1.54) is 36.8 Å². The third kappa shape index (κ3) is 14.0. The van der Waals surface area contributed by atoms with E-state index in [4.69, 9.17) is 0 Å². The van der Waals surface area contributed by atoms with Gasteiger partial charge in [-0.3, -0.25) is 0 Å². The van der Waals surface area contributed by atoms with Crippen molar-refractivity contribution < 1.29 is 0 Å². The Bertz CT molecular complexity index is 147. The maximum atomic E-state index is 4.05. The average Bonchev–Trinajstić information content (AvgIpc) is 2.18. The lowest BCUT2D eigenvalue weighted by Gasteiger charge is -2.01. The van der Waals surface area contributed by atoms with E-state index in [1.807, 2.05) is 13.8 Å². The van der Waals surface area contributed by atoms with Crippen LogP contribution in [-0.4, -0.2) is 0 Å². The van der Waals surface area contributed by atoms with Gasteiger partial charge in [0.15, 0.2) is 0 Å². The van der Waals surface area contributed by atoms with Gasteiger partial charge in [0.25, 0.3) is 0 Å². The molecule has 0 radical (unpaired) electrons.